The van der Waals surface area contributed by atoms with Crippen LogP contribution in [0.5, 0.6) is 5.75 Å². The maximum atomic E-state index is 6.34. The molecule has 0 spiro atoms. The van der Waals surface area contributed by atoms with Crippen LogP contribution in [0.4, 0.5) is 0 Å². The normalized spacial score (nSPS) is 14.8. The Kier molecular flexibility index (Phi) is 3.83. The number of nitrogens with two attached hydrogens (primary N) is 1. The van der Waals surface area contributed by atoms with Gasteiger partial charge in [0.25, 0.3) is 0 Å². The van der Waals surface area contributed by atoms with Gasteiger partial charge in [-0.3, -0.25) is 0 Å². The highest BCUT2D eigenvalue weighted by Crippen LogP contribution is 2.38. The zero-order valence-corrected chi connectivity index (χ0v) is 12.8. The molecular formula is C15H12Cl3NO. The van der Waals surface area contributed by atoms with Crippen LogP contribution in [0.15, 0.2) is 30.3 Å². The van der Waals surface area contributed by atoms with Gasteiger partial charge in [0.1, 0.15) is 5.75 Å². The Balaban J connectivity index is 2.06. The van der Waals surface area contributed by atoms with E-state index in [1.165, 1.54) is 0 Å². The SMILES string of the molecule is NC(c1ccc(Cl)c(Cl)c1)c1cc(Cl)cc2c1OCC2. The van der Waals surface area contributed by atoms with Crippen molar-refractivity contribution >= 4 is 34.8 Å². The molecule has 104 valence electrons. The summed E-state index contributed by atoms with van der Waals surface area (Å²) in [5.41, 5.74) is 9.19. The average Bonchev–Trinajstić information content (AvgIpc) is 2.88. The van der Waals surface area contributed by atoms with E-state index in [0.717, 1.165) is 28.9 Å². The van der Waals surface area contributed by atoms with Crippen molar-refractivity contribution in [3.63, 3.8) is 0 Å². The summed E-state index contributed by atoms with van der Waals surface area (Å²) < 4.78 is 5.68. The number of rotatable bonds is 2. The van der Waals surface area contributed by atoms with Crippen molar-refractivity contribution in [2.75, 3.05) is 6.61 Å². The summed E-state index contributed by atoms with van der Waals surface area (Å²) in [7, 11) is 0. The number of hydrogen-bond donors (Lipinski definition) is 1. The largest absolute Gasteiger partial charge is 0.493 e. The van der Waals surface area contributed by atoms with Gasteiger partial charge in [-0.15, -0.1) is 0 Å². The molecule has 5 heteroatoms. The van der Waals surface area contributed by atoms with E-state index in [1.807, 2.05) is 18.2 Å². The van der Waals surface area contributed by atoms with E-state index in [0.29, 0.717) is 21.7 Å². The molecule has 0 saturated carbocycles. The van der Waals surface area contributed by atoms with E-state index < -0.39 is 0 Å². The lowest BCUT2D eigenvalue weighted by molar-refractivity contribution is 0.352. The van der Waals surface area contributed by atoms with Crippen LogP contribution in [0.25, 0.3) is 0 Å². The fourth-order valence-electron chi connectivity index (χ4n) is 2.41. The van der Waals surface area contributed by atoms with Crippen LogP contribution in [0.3, 0.4) is 0 Å². The van der Waals surface area contributed by atoms with E-state index in [4.69, 9.17) is 45.3 Å². The first-order valence-corrected chi connectivity index (χ1v) is 7.35. The van der Waals surface area contributed by atoms with Crippen LogP contribution in [0.1, 0.15) is 22.7 Å². The van der Waals surface area contributed by atoms with E-state index in [-0.39, 0.29) is 6.04 Å². The zero-order chi connectivity index (χ0) is 14.3. The minimum absolute atomic E-state index is 0.352. The number of hydrogen-bond acceptors (Lipinski definition) is 2. The van der Waals surface area contributed by atoms with Gasteiger partial charge in [-0.2, -0.15) is 0 Å². The van der Waals surface area contributed by atoms with Crippen molar-refractivity contribution in [2.45, 2.75) is 12.5 Å². The molecule has 2 nitrogen and oxygen atoms in total. The van der Waals surface area contributed by atoms with Crippen molar-refractivity contribution in [3.05, 3.63) is 62.1 Å². The maximum absolute atomic E-state index is 6.34. The molecule has 0 aliphatic carbocycles. The van der Waals surface area contributed by atoms with Crippen LogP contribution in [0, 0.1) is 0 Å². The molecule has 1 atom stereocenters. The van der Waals surface area contributed by atoms with Crippen LogP contribution in [0.2, 0.25) is 15.1 Å². The Bertz CT molecular complexity index is 672. The minimum atomic E-state index is -0.352. The van der Waals surface area contributed by atoms with Gasteiger partial charge in [0.05, 0.1) is 22.7 Å². The van der Waals surface area contributed by atoms with Crippen LogP contribution >= 0.6 is 34.8 Å². The molecule has 20 heavy (non-hydrogen) atoms. The van der Waals surface area contributed by atoms with Crippen LogP contribution in [-0.4, -0.2) is 6.61 Å². The predicted molar refractivity (Wildman–Crippen MR) is 83.1 cm³/mol. The lowest BCUT2D eigenvalue weighted by Crippen LogP contribution is -2.13. The molecule has 1 aliphatic rings. The van der Waals surface area contributed by atoms with Gasteiger partial charge < -0.3 is 10.5 Å². The summed E-state index contributed by atoms with van der Waals surface area (Å²) in [6.45, 7) is 0.663. The molecule has 1 heterocycles. The first-order chi connectivity index (χ1) is 9.56. The van der Waals surface area contributed by atoms with Crippen molar-refractivity contribution in [1.82, 2.24) is 0 Å². The first kappa shape index (κ1) is 14.0. The fourth-order valence-corrected chi connectivity index (χ4v) is 2.97. The summed E-state index contributed by atoms with van der Waals surface area (Å²) in [4.78, 5) is 0. The number of benzene rings is 2. The molecule has 0 bridgehead atoms. The molecule has 2 aromatic rings. The topological polar surface area (TPSA) is 35.2 Å². The smallest absolute Gasteiger partial charge is 0.127 e. The lowest BCUT2D eigenvalue weighted by atomic mass is 9.96. The summed E-state index contributed by atoms with van der Waals surface area (Å²) in [5.74, 6) is 0.841. The number of ether oxygens (including phenoxy) is 1. The standard InChI is InChI=1S/C15H12Cl3NO/c16-10-5-9-3-4-20-15(9)11(7-10)14(19)8-1-2-12(17)13(18)6-8/h1-2,5-7,14H,3-4,19H2. The first-order valence-electron chi connectivity index (χ1n) is 6.22. The van der Waals surface area contributed by atoms with E-state index in [2.05, 4.69) is 0 Å². The van der Waals surface area contributed by atoms with Crippen molar-refractivity contribution in [2.24, 2.45) is 5.73 Å². The van der Waals surface area contributed by atoms with Gasteiger partial charge in [0, 0.05) is 17.0 Å². The Hall–Kier alpha value is -0.930. The van der Waals surface area contributed by atoms with E-state index >= 15 is 0 Å². The Morgan fingerprint density at radius 3 is 2.60 bits per heavy atom. The molecule has 0 fully saturated rings. The Labute approximate surface area is 132 Å². The summed E-state index contributed by atoms with van der Waals surface area (Å²) in [6, 6.07) is 8.80. The monoisotopic (exact) mass is 327 g/mol. The highest BCUT2D eigenvalue weighted by molar-refractivity contribution is 6.42. The van der Waals surface area contributed by atoms with E-state index in [9.17, 15) is 0 Å². The van der Waals surface area contributed by atoms with Gasteiger partial charge >= 0.3 is 0 Å². The Morgan fingerprint density at radius 2 is 1.85 bits per heavy atom. The molecular weight excluding hydrogens is 317 g/mol. The molecule has 1 aliphatic heterocycles. The van der Waals surface area contributed by atoms with Gasteiger partial charge in [0.15, 0.2) is 0 Å². The minimum Gasteiger partial charge on any atom is -0.493 e. The summed E-state index contributed by atoms with van der Waals surface area (Å²) in [6.07, 6.45) is 0.858. The molecule has 3 rings (SSSR count). The molecule has 0 radical (unpaired) electrons. The highest BCUT2D eigenvalue weighted by Gasteiger charge is 2.22. The van der Waals surface area contributed by atoms with Gasteiger partial charge in [-0.05, 0) is 35.4 Å². The second-order valence-corrected chi connectivity index (χ2v) is 5.98. The van der Waals surface area contributed by atoms with Gasteiger partial charge in [0.2, 0.25) is 0 Å². The summed E-state index contributed by atoms with van der Waals surface area (Å²) in [5, 5.41) is 1.66. The number of fused-ring (bicyclic) bond motifs is 1. The van der Waals surface area contributed by atoms with Gasteiger partial charge in [-0.1, -0.05) is 40.9 Å². The third kappa shape index (κ3) is 2.49. The molecule has 0 aromatic heterocycles. The van der Waals surface area contributed by atoms with E-state index in [1.54, 1.807) is 12.1 Å². The molecule has 2 aromatic carbocycles. The molecule has 0 amide bonds. The zero-order valence-electron chi connectivity index (χ0n) is 10.5. The summed E-state index contributed by atoms with van der Waals surface area (Å²) >= 11 is 18.1. The third-order valence-corrected chi connectivity index (χ3v) is 4.37. The maximum Gasteiger partial charge on any atom is 0.127 e. The lowest BCUT2D eigenvalue weighted by Gasteiger charge is -2.17. The number of halogens is 3. The van der Waals surface area contributed by atoms with Crippen molar-refractivity contribution < 1.29 is 4.74 Å². The van der Waals surface area contributed by atoms with Gasteiger partial charge in [-0.25, -0.2) is 0 Å². The third-order valence-electron chi connectivity index (χ3n) is 3.41. The highest BCUT2D eigenvalue weighted by atomic mass is 35.5. The molecule has 2 N–H and O–H groups in total. The fraction of sp³-hybridized carbons (Fsp3) is 0.200. The second kappa shape index (κ2) is 5.45. The molecule has 1 unspecified atom stereocenters. The average molecular weight is 329 g/mol. The van der Waals surface area contributed by atoms with Crippen molar-refractivity contribution in [3.8, 4) is 5.75 Å². The quantitative estimate of drug-likeness (QED) is 0.872. The van der Waals surface area contributed by atoms with Crippen LogP contribution < -0.4 is 10.5 Å². The van der Waals surface area contributed by atoms with Crippen LogP contribution in [-0.2, 0) is 6.42 Å². The second-order valence-electron chi connectivity index (χ2n) is 4.73. The molecule has 0 saturated heterocycles. The van der Waals surface area contributed by atoms with Crippen molar-refractivity contribution in [1.29, 1.82) is 0 Å². The Morgan fingerprint density at radius 1 is 1.05 bits per heavy atom. The predicted octanol–water partition coefficient (Wildman–Crippen LogP) is 4.63.